The average Bonchev–Trinajstić information content (AvgIpc) is 3.64. The molecule has 0 bridgehead atoms. The van der Waals surface area contributed by atoms with Crippen LogP contribution in [0.3, 0.4) is 0 Å². The van der Waals surface area contributed by atoms with Crippen molar-refractivity contribution in [2.24, 2.45) is 0 Å². The van der Waals surface area contributed by atoms with Crippen LogP contribution >= 0.6 is 11.3 Å². The monoisotopic (exact) mass is 579 g/mol. The fraction of sp³-hybridized carbons (Fsp3) is 0. The van der Waals surface area contributed by atoms with E-state index in [0.717, 1.165) is 39.6 Å². The van der Waals surface area contributed by atoms with Crippen molar-refractivity contribution >= 4 is 53.3 Å². The normalized spacial score (nSPS) is 11.6. The van der Waals surface area contributed by atoms with Gasteiger partial charge in [-0.2, -0.15) is 0 Å². The molecule has 3 aromatic heterocycles. The van der Waals surface area contributed by atoms with Gasteiger partial charge in [-0.05, 0) is 48.5 Å². The maximum Gasteiger partial charge on any atom is 0.160 e. The van der Waals surface area contributed by atoms with Crippen LogP contribution in [0.5, 0.6) is 0 Å². The number of thiophene rings is 1. The first-order valence-corrected chi connectivity index (χ1v) is 15.6. The molecule has 0 atom stereocenters. The third kappa shape index (κ3) is 3.96. The van der Waals surface area contributed by atoms with E-state index in [4.69, 9.17) is 9.97 Å². The zero-order valence-electron chi connectivity index (χ0n) is 23.7. The molecule has 9 rings (SSSR count). The Bertz CT molecular complexity index is 2420. The summed E-state index contributed by atoms with van der Waals surface area (Å²) in [6.45, 7) is 0. The summed E-state index contributed by atoms with van der Waals surface area (Å²) in [6.07, 6.45) is 0. The molecule has 206 valence electrons. The maximum atomic E-state index is 5.13. The standard InChI is InChI=1S/C40H25N3S/c1-4-12-26(13-5-1)33-25-34(27-14-6-2-7-15-27)42-40(41-33)28-20-22-35-32(24-28)38-36(43(35)29-16-8-3-9-17-29)23-21-31-30-18-10-11-19-37(30)44-39(31)38/h1-25H. The van der Waals surface area contributed by atoms with Gasteiger partial charge in [0.2, 0.25) is 0 Å². The molecule has 0 radical (unpaired) electrons. The number of rotatable bonds is 4. The van der Waals surface area contributed by atoms with Gasteiger partial charge in [-0.15, -0.1) is 11.3 Å². The highest BCUT2D eigenvalue weighted by atomic mass is 32.1. The lowest BCUT2D eigenvalue weighted by Gasteiger charge is -2.10. The molecule has 0 unspecified atom stereocenters. The lowest BCUT2D eigenvalue weighted by molar-refractivity contribution is 1.17. The highest BCUT2D eigenvalue weighted by Crippen LogP contribution is 2.44. The number of para-hydroxylation sites is 1. The van der Waals surface area contributed by atoms with Crippen molar-refractivity contribution in [1.82, 2.24) is 14.5 Å². The summed E-state index contributed by atoms with van der Waals surface area (Å²) in [4.78, 5) is 10.3. The quantitative estimate of drug-likeness (QED) is 0.208. The third-order valence-corrected chi connectivity index (χ3v) is 9.61. The molecule has 0 saturated carbocycles. The first kappa shape index (κ1) is 25.0. The average molecular weight is 580 g/mol. The van der Waals surface area contributed by atoms with Gasteiger partial charge in [0.05, 0.1) is 22.4 Å². The number of benzene rings is 6. The highest BCUT2D eigenvalue weighted by molar-refractivity contribution is 7.26. The van der Waals surface area contributed by atoms with Crippen LogP contribution < -0.4 is 0 Å². The summed E-state index contributed by atoms with van der Waals surface area (Å²) in [5.41, 5.74) is 8.48. The van der Waals surface area contributed by atoms with Crippen LogP contribution in [0, 0.1) is 0 Å². The molecule has 0 spiro atoms. The molecule has 0 amide bonds. The summed E-state index contributed by atoms with van der Waals surface area (Å²) in [5.74, 6) is 0.719. The zero-order valence-corrected chi connectivity index (χ0v) is 24.5. The van der Waals surface area contributed by atoms with Gasteiger partial charge in [-0.25, -0.2) is 9.97 Å². The largest absolute Gasteiger partial charge is 0.309 e. The molecule has 3 nitrogen and oxygen atoms in total. The van der Waals surface area contributed by atoms with E-state index in [1.54, 1.807) is 0 Å². The Morgan fingerprint density at radius 3 is 1.77 bits per heavy atom. The lowest BCUT2D eigenvalue weighted by Crippen LogP contribution is -1.96. The van der Waals surface area contributed by atoms with E-state index in [9.17, 15) is 0 Å². The molecule has 4 heteroatoms. The van der Waals surface area contributed by atoms with Gasteiger partial charge in [0.1, 0.15) is 0 Å². The van der Waals surface area contributed by atoms with Crippen LogP contribution in [-0.4, -0.2) is 14.5 Å². The molecule has 0 N–H and O–H groups in total. The van der Waals surface area contributed by atoms with E-state index >= 15 is 0 Å². The molecule has 6 aromatic carbocycles. The van der Waals surface area contributed by atoms with Gasteiger partial charge in [-0.1, -0.05) is 103 Å². The summed E-state index contributed by atoms with van der Waals surface area (Å²) in [5, 5.41) is 5.07. The van der Waals surface area contributed by atoms with Gasteiger partial charge in [0.25, 0.3) is 0 Å². The van der Waals surface area contributed by atoms with E-state index in [-0.39, 0.29) is 0 Å². The molecule has 0 saturated heterocycles. The summed E-state index contributed by atoms with van der Waals surface area (Å²) >= 11 is 1.87. The Labute approximate surface area is 258 Å². The van der Waals surface area contributed by atoms with Crippen LogP contribution in [0.2, 0.25) is 0 Å². The third-order valence-electron chi connectivity index (χ3n) is 8.41. The summed E-state index contributed by atoms with van der Waals surface area (Å²) in [7, 11) is 0. The van der Waals surface area contributed by atoms with E-state index in [0.29, 0.717) is 0 Å². The molecular weight excluding hydrogens is 555 g/mol. The second kappa shape index (κ2) is 10.0. The summed E-state index contributed by atoms with van der Waals surface area (Å²) in [6, 6.07) is 53.4. The predicted octanol–water partition coefficient (Wildman–Crippen LogP) is 10.9. The maximum absolute atomic E-state index is 5.13. The minimum absolute atomic E-state index is 0.719. The van der Waals surface area contributed by atoms with E-state index < -0.39 is 0 Å². The van der Waals surface area contributed by atoms with Gasteiger partial charge in [0, 0.05) is 53.3 Å². The van der Waals surface area contributed by atoms with E-state index in [1.165, 1.54) is 42.0 Å². The van der Waals surface area contributed by atoms with Gasteiger partial charge < -0.3 is 4.57 Å². The fourth-order valence-corrected chi connectivity index (χ4v) is 7.63. The van der Waals surface area contributed by atoms with Crippen molar-refractivity contribution in [3.8, 4) is 39.6 Å². The van der Waals surface area contributed by atoms with Crippen molar-refractivity contribution < 1.29 is 0 Å². The van der Waals surface area contributed by atoms with Crippen LogP contribution in [0.4, 0.5) is 0 Å². The Morgan fingerprint density at radius 2 is 1.07 bits per heavy atom. The van der Waals surface area contributed by atoms with E-state index in [2.05, 4.69) is 144 Å². The topological polar surface area (TPSA) is 30.7 Å². The van der Waals surface area contributed by atoms with Crippen LogP contribution in [0.1, 0.15) is 0 Å². The number of nitrogens with zero attached hydrogens (tertiary/aromatic N) is 3. The lowest BCUT2D eigenvalue weighted by atomic mass is 10.0. The minimum Gasteiger partial charge on any atom is -0.309 e. The number of aromatic nitrogens is 3. The first-order valence-electron chi connectivity index (χ1n) is 14.8. The molecule has 9 aromatic rings. The van der Waals surface area contributed by atoms with Crippen molar-refractivity contribution in [2.75, 3.05) is 0 Å². The van der Waals surface area contributed by atoms with Crippen molar-refractivity contribution in [3.63, 3.8) is 0 Å². The Morgan fingerprint density at radius 1 is 0.455 bits per heavy atom. The van der Waals surface area contributed by atoms with Gasteiger partial charge >= 0.3 is 0 Å². The van der Waals surface area contributed by atoms with Gasteiger partial charge in [-0.3, -0.25) is 0 Å². The summed E-state index contributed by atoms with van der Waals surface area (Å²) < 4.78 is 5.00. The number of hydrogen-bond donors (Lipinski definition) is 0. The highest BCUT2D eigenvalue weighted by Gasteiger charge is 2.19. The molecule has 44 heavy (non-hydrogen) atoms. The second-order valence-electron chi connectivity index (χ2n) is 11.0. The Balaban J connectivity index is 1.35. The predicted molar refractivity (Wildman–Crippen MR) is 186 cm³/mol. The van der Waals surface area contributed by atoms with Crippen LogP contribution in [0.15, 0.2) is 152 Å². The number of hydrogen-bond acceptors (Lipinski definition) is 3. The Hall–Kier alpha value is -5.58. The zero-order chi connectivity index (χ0) is 29.0. The van der Waals surface area contributed by atoms with Crippen LogP contribution in [-0.2, 0) is 0 Å². The van der Waals surface area contributed by atoms with Gasteiger partial charge in [0.15, 0.2) is 5.82 Å². The van der Waals surface area contributed by atoms with Crippen molar-refractivity contribution in [1.29, 1.82) is 0 Å². The van der Waals surface area contributed by atoms with E-state index in [1.807, 2.05) is 23.5 Å². The van der Waals surface area contributed by atoms with Crippen LogP contribution in [0.25, 0.3) is 81.6 Å². The molecular formula is C40H25N3S. The number of fused-ring (bicyclic) bond motifs is 7. The molecule has 0 aliphatic rings. The smallest absolute Gasteiger partial charge is 0.160 e. The molecule has 3 heterocycles. The molecule has 0 fully saturated rings. The first-order chi connectivity index (χ1) is 21.8. The fourth-order valence-electron chi connectivity index (χ4n) is 6.37. The molecule has 0 aliphatic heterocycles. The molecule has 0 aliphatic carbocycles. The minimum atomic E-state index is 0.719. The second-order valence-corrected chi connectivity index (χ2v) is 12.1. The van der Waals surface area contributed by atoms with Crippen molar-refractivity contribution in [2.45, 2.75) is 0 Å². The Kier molecular flexibility index (Phi) is 5.68. The van der Waals surface area contributed by atoms with Crippen molar-refractivity contribution in [3.05, 3.63) is 152 Å². The SMILES string of the molecule is c1ccc(-c2cc(-c3ccccc3)nc(-c3ccc4c(c3)c3c5sc6ccccc6c5ccc3n4-c3ccccc3)n2)cc1.